The molecule has 0 radical (unpaired) electrons. The number of amidine groups is 2. The van der Waals surface area contributed by atoms with Gasteiger partial charge in [0.05, 0.1) is 17.1 Å². The zero-order chi connectivity index (χ0) is 21.3. The molecule has 2 aliphatic rings. The highest BCUT2D eigenvalue weighted by atomic mass is 32.2. The summed E-state index contributed by atoms with van der Waals surface area (Å²) in [4.78, 5) is 35.8. The summed E-state index contributed by atoms with van der Waals surface area (Å²) in [6, 6.07) is 9.83. The Hall–Kier alpha value is -3.07. The Labute approximate surface area is 176 Å². The van der Waals surface area contributed by atoms with Crippen molar-refractivity contribution >= 4 is 46.0 Å². The Morgan fingerprint density at radius 1 is 1.23 bits per heavy atom. The number of amides is 2. The van der Waals surface area contributed by atoms with E-state index in [4.69, 9.17) is 0 Å². The van der Waals surface area contributed by atoms with E-state index < -0.39 is 23.6 Å². The second kappa shape index (κ2) is 8.35. The van der Waals surface area contributed by atoms with Crippen molar-refractivity contribution in [2.24, 2.45) is 9.98 Å². The maximum Gasteiger partial charge on any atom is 0.259 e. The number of para-hydroxylation sites is 1. The van der Waals surface area contributed by atoms with Gasteiger partial charge in [-0.1, -0.05) is 37.2 Å². The Bertz CT molecular complexity index is 1090. The molecule has 0 aliphatic carbocycles. The van der Waals surface area contributed by atoms with Crippen LogP contribution in [-0.4, -0.2) is 39.5 Å². The fraction of sp³-hybridized carbons (Fsp3) is 0.238. The van der Waals surface area contributed by atoms with Crippen molar-refractivity contribution in [2.75, 3.05) is 11.1 Å². The minimum Gasteiger partial charge on any atom is -0.323 e. The molecule has 30 heavy (non-hydrogen) atoms. The summed E-state index contributed by atoms with van der Waals surface area (Å²) in [5, 5.41) is 2.76. The van der Waals surface area contributed by atoms with E-state index in [0.29, 0.717) is 29.2 Å². The smallest absolute Gasteiger partial charge is 0.259 e. The van der Waals surface area contributed by atoms with Crippen LogP contribution in [0, 0.1) is 11.6 Å². The van der Waals surface area contributed by atoms with Crippen LogP contribution in [0.1, 0.15) is 25.3 Å². The SMILES string of the molecule is CCC[C@H]1N=C2c3ccccc3N=C(SCC(=O)Nc3ccc(F)cc3F)N2C1=O. The summed E-state index contributed by atoms with van der Waals surface area (Å²) >= 11 is 1.06. The van der Waals surface area contributed by atoms with Gasteiger partial charge in [-0.15, -0.1) is 0 Å². The second-order valence-electron chi connectivity index (χ2n) is 6.80. The number of anilines is 1. The van der Waals surface area contributed by atoms with Crippen LogP contribution in [-0.2, 0) is 9.59 Å². The Kier molecular flexibility index (Phi) is 5.63. The molecule has 9 heteroatoms. The van der Waals surface area contributed by atoms with Gasteiger partial charge in [0.15, 0.2) is 5.17 Å². The third-order valence-electron chi connectivity index (χ3n) is 4.65. The van der Waals surface area contributed by atoms with E-state index in [0.717, 1.165) is 35.9 Å². The predicted octanol–water partition coefficient (Wildman–Crippen LogP) is 4.10. The number of halogens is 2. The fourth-order valence-electron chi connectivity index (χ4n) is 3.27. The van der Waals surface area contributed by atoms with Gasteiger partial charge < -0.3 is 5.32 Å². The Morgan fingerprint density at radius 3 is 2.80 bits per heavy atom. The van der Waals surface area contributed by atoms with Crippen molar-refractivity contribution < 1.29 is 18.4 Å². The summed E-state index contributed by atoms with van der Waals surface area (Å²) in [5.74, 6) is -1.82. The number of nitrogens with one attached hydrogen (secondary N) is 1. The highest BCUT2D eigenvalue weighted by Gasteiger charge is 2.40. The largest absolute Gasteiger partial charge is 0.323 e. The molecule has 0 fully saturated rings. The van der Waals surface area contributed by atoms with E-state index in [1.54, 1.807) is 0 Å². The molecule has 4 rings (SSSR count). The highest BCUT2D eigenvalue weighted by molar-refractivity contribution is 8.14. The van der Waals surface area contributed by atoms with E-state index >= 15 is 0 Å². The second-order valence-corrected chi connectivity index (χ2v) is 7.75. The van der Waals surface area contributed by atoms with Crippen molar-refractivity contribution in [1.82, 2.24) is 4.90 Å². The molecule has 154 valence electrons. The Balaban J connectivity index is 1.53. The van der Waals surface area contributed by atoms with Gasteiger partial charge in [0.2, 0.25) is 5.91 Å². The lowest BCUT2D eigenvalue weighted by atomic mass is 10.1. The lowest BCUT2D eigenvalue weighted by Gasteiger charge is -2.25. The summed E-state index contributed by atoms with van der Waals surface area (Å²) in [5.41, 5.74) is 1.33. The summed E-state index contributed by atoms with van der Waals surface area (Å²) in [6.07, 6.45) is 1.44. The zero-order valence-corrected chi connectivity index (χ0v) is 16.9. The van der Waals surface area contributed by atoms with Crippen molar-refractivity contribution in [3.8, 4) is 0 Å². The molecule has 0 spiro atoms. The molecule has 1 atom stereocenters. The predicted molar refractivity (Wildman–Crippen MR) is 113 cm³/mol. The normalized spacial score (nSPS) is 17.2. The van der Waals surface area contributed by atoms with Crippen LogP contribution < -0.4 is 5.32 Å². The molecular weight excluding hydrogens is 410 g/mol. The van der Waals surface area contributed by atoms with E-state index in [2.05, 4.69) is 15.3 Å². The number of fused-ring (bicyclic) bond motifs is 3. The average Bonchev–Trinajstić information content (AvgIpc) is 3.05. The molecular formula is C21H18F2N4O2S. The van der Waals surface area contributed by atoms with E-state index in [1.807, 2.05) is 31.2 Å². The minimum absolute atomic E-state index is 0.104. The topological polar surface area (TPSA) is 74.1 Å². The number of carbonyl (C=O) groups is 2. The van der Waals surface area contributed by atoms with Crippen LogP contribution in [0.5, 0.6) is 0 Å². The standard InChI is InChI=1S/C21H18F2N4O2S/c1-2-5-17-20(29)27-19(25-17)13-6-3-4-7-15(13)26-21(27)30-11-18(28)24-16-9-8-12(22)10-14(16)23/h3-4,6-10,17H,2,5,11H2,1H3,(H,24,28)/t17-/m1/s1. The lowest BCUT2D eigenvalue weighted by Crippen LogP contribution is -2.41. The van der Waals surface area contributed by atoms with E-state index in [1.165, 1.54) is 4.90 Å². The number of carbonyl (C=O) groups excluding carboxylic acids is 2. The highest BCUT2D eigenvalue weighted by Crippen LogP contribution is 2.34. The molecule has 2 amide bonds. The molecule has 0 saturated heterocycles. The van der Waals surface area contributed by atoms with Crippen LogP contribution >= 0.6 is 11.8 Å². The quantitative estimate of drug-likeness (QED) is 0.779. The molecule has 0 saturated carbocycles. The molecule has 0 bridgehead atoms. The molecule has 1 N–H and O–H groups in total. The van der Waals surface area contributed by atoms with Gasteiger partial charge in [-0.25, -0.2) is 18.7 Å². The zero-order valence-electron chi connectivity index (χ0n) is 16.1. The molecule has 2 aromatic rings. The number of nitrogens with zero attached hydrogens (tertiary/aromatic N) is 3. The summed E-state index contributed by atoms with van der Waals surface area (Å²) in [6.45, 7) is 1.99. The van der Waals surface area contributed by atoms with Gasteiger partial charge in [0.1, 0.15) is 23.5 Å². The van der Waals surface area contributed by atoms with Crippen LogP contribution in [0.15, 0.2) is 52.4 Å². The number of rotatable bonds is 5. The van der Waals surface area contributed by atoms with Gasteiger partial charge in [0, 0.05) is 11.6 Å². The molecule has 0 unspecified atom stereocenters. The molecule has 6 nitrogen and oxygen atoms in total. The van der Waals surface area contributed by atoms with Crippen LogP contribution in [0.3, 0.4) is 0 Å². The molecule has 2 aliphatic heterocycles. The van der Waals surface area contributed by atoms with Gasteiger partial charge >= 0.3 is 0 Å². The van der Waals surface area contributed by atoms with Crippen LogP contribution in [0.2, 0.25) is 0 Å². The number of thioether (sulfide) groups is 1. The first-order chi connectivity index (χ1) is 14.5. The number of hydrogen-bond acceptors (Lipinski definition) is 5. The molecule has 2 aromatic carbocycles. The van der Waals surface area contributed by atoms with Crippen molar-refractivity contribution in [3.63, 3.8) is 0 Å². The van der Waals surface area contributed by atoms with E-state index in [9.17, 15) is 18.4 Å². The fourth-order valence-corrected chi connectivity index (χ4v) is 4.07. The Morgan fingerprint density at radius 2 is 2.03 bits per heavy atom. The number of hydrogen-bond donors (Lipinski definition) is 1. The molecule has 0 aromatic heterocycles. The summed E-state index contributed by atoms with van der Waals surface area (Å²) < 4.78 is 26.8. The van der Waals surface area contributed by atoms with Crippen LogP contribution in [0.25, 0.3) is 0 Å². The van der Waals surface area contributed by atoms with Crippen molar-refractivity contribution in [1.29, 1.82) is 0 Å². The number of aliphatic imine (C=N–C) groups is 2. The first-order valence-corrected chi connectivity index (χ1v) is 10.4. The lowest BCUT2D eigenvalue weighted by molar-refractivity contribution is -0.124. The van der Waals surface area contributed by atoms with Crippen molar-refractivity contribution in [3.05, 3.63) is 59.7 Å². The maximum absolute atomic E-state index is 13.8. The number of benzene rings is 2. The van der Waals surface area contributed by atoms with E-state index in [-0.39, 0.29) is 17.3 Å². The maximum atomic E-state index is 13.8. The first-order valence-electron chi connectivity index (χ1n) is 9.45. The summed E-state index contributed by atoms with van der Waals surface area (Å²) in [7, 11) is 0. The van der Waals surface area contributed by atoms with Gasteiger partial charge in [-0.2, -0.15) is 0 Å². The van der Waals surface area contributed by atoms with Crippen LogP contribution in [0.4, 0.5) is 20.2 Å². The minimum atomic E-state index is -0.858. The third kappa shape index (κ3) is 3.85. The molecule has 2 heterocycles. The monoisotopic (exact) mass is 428 g/mol. The first kappa shape index (κ1) is 20.2. The van der Waals surface area contributed by atoms with Gasteiger partial charge in [-0.3, -0.25) is 14.6 Å². The average molecular weight is 428 g/mol. The van der Waals surface area contributed by atoms with Crippen molar-refractivity contribution in [2.45, 2.75) is 25.8 Å². The third-order valence-corrected chi connectivity index (χ3v) is 5.59. The van der Waals surface area contributed by atoms with Gasteiger partial charge in [-0.05, 0) is 30.7 Å². The van der Waals surface area contributed by atoms with Gasteiger partial charge in [0.25, 0.3) is 5.91 Å².